The van der Waals surface area contributed by atoms with Gasteiger partial charge in [0.2, 0.25) is 6.79 Å². The molecule has 3 heterocycles. The van der Waals surface area contributed by atoms with Crippen LogP contribution in [-0.4, -0.2) is 22.7 Å². The minimum absolute atomic E-state index is 0.228. The molecule has 2 aromatic heterocycles. The Morgan fingerprint density at radius 2 is 2.08 bits per heavy atom. The molecule has 4 rings (SSSR count). The van der Waals surface area contributed by atoms with Gasteiger partial charge in [0.05, 0.1) is 11.3 Å². The Balaban J connectivity index is 1.52. The number of benzene rings is 1. The smallest absolute Gasteiger partial charge is 0.259 e. The fourth-order valence-electron chi connectivity index (χ4n) is 2.29. The molecule has 1 amide bonds. The quantitative estimate of drug-likeness (QED) is 0.791. The van der Waals surface area contributed by atoms with Gasteiger partial charge < -0.3 is 9.47 Å². The van der Waals surface area contributed by atoms with E-state index in [0.717, 1.165) is 22.7 Å². The highest BCUT2D eigenvalue weighted by Gasteiger charge is 2.15. The van der Waals surface area contributed by atoms with Crippen LogP contribution in [0.25, 0.3) is 11.3 Å². The molecule has 0 fully saturated rings. The highest BCUT2D eigenvalue weighted by molar-refractivity contribution is 7.14. The first-order valence-electron chi connectivity index (χ1n) is 7.28. The van der Waals surface area contributed by atoms with Crippen LogP contribution in [0.15, 0.2) is 41.9 Å². The molecule has 7 heteroatoms. The van der Waals surface area contributed by atoms with Gasteiger partial charge in [-0.05, 0) is 37.3 Å². The number of carbonyl (C=O) groups excluding carboxylic acids is 1. The number of aryl methyl sites for hydroxylation is 1. The number of anilines is 1. The van der Waals surface area contributed by atoms with Crippen LogP contribution in [0.4, 0.5) is 5.13 Å². The van der Waals surface area contributed by atoms with Crippen LogP contribution in [0, 0.1) is 6.92 Å². The maximum absolute atomic E-state index is 12.2. The summed E-state index contributed by atoms with van der Waals surface area (Å²) >= 11 is 1.37. The van der Waals surface area contributed by atoms with Gasteiger partial charge in [0.25, 0.3) is 5.91 Å². The zero-order chi connectivity index (χ0) is 16.5. The number of nitrogens with one attached hydrogen (secondary N) is 1. The topological polar surface area (TPSA) is 73.3 Å². The van der Waals surface area contributed by atoms with Crippen molar-refractivity contribution in [2.75, 3.05) is 12.1 Å². The van der Waals surface area contributed by atoms with Crippen LogP contribution in [0.2, 0.25) is 0 Å². The third-order valence-electron chi connectivity index (χ3n) is 3.57. The number of pyridine rings is 1. The summed E-state index contributed by atoms with van der Waals surface area (Å²) in [5, 5.41) is 5.22. The lowest BCUT2D eigenvalue weighted by Gasteiger charge is -2.02. The summed E-state index contributed by atoms with van der Waals surface area (Å²) in [6.07, 6.45) is 1.55. The SMILES string of the molecule is Cc1ccc(C(=O)Nc2nc(-c3ccc4c(c3)OCO4)cs2)cn1. The zero-order valence-electron chi connectivity index (χ0n) is 12.8. The normalized spacial score (nSPS) is 12.2. The van der Waals surface area contributed by atoms with E-state index >= 15 is 0 Å². The number of fused-ring (bicyclic) bond motifs is 1. The first kappa shape index (κ1) is 14.6. The van der Waals surface area contributed by atoms with E-state index in [1.54, 1.807) is 18.3 Å². The third kappa shape index (κ3) is 2.81. The van der Waals surface area contributed by atoms with Crippen molar-refractivity contribution < 1.29 is 14.3 Å². The van der Waals surface area contributed by atoms with Crippen molar-refractivity contribution in [3.63, 3.8) is 0 Å². The van der Waals surface area contributed by atoms with Crippen molar-refractivity contribution in [2.45, 2.75) is 6.92 Å². The number of thiazole rings is 1. The van der Waals surface area contributed by atoms with E-state index in [2.05, 4.69) is 15.3 Å². The second-order valence-electron chi connectivity index (χ2n) is 5.25. The van der Waals surface area contributed by atoms with E-state index in [4.69, 9.17) is 9.47 Å². The minimum Gasteiger partial charge on any atom is -0.454 e. The predicted molar refractivity (Wildman–Crippen MR) is 90.6 cm³/mol. The van der Waals surface area contributed by atoms with Crippen molar-refractivity contribution >= 4 is 22.4 Å². The second kappa shape index (κ2) is 5.93. The molecule has 120 valence electrons. The number of hydrogen-bond acceptors (Lipinski definition) is 6. The van der Waals surface area contributed by atoms with Gasteiger partial charge in [-0.2, -0.15) is 0 Å². The highest BCUT2D eigenvalue weighted by Crippen LogP contribution is 2.36. The van der Waals surface area contributed by atoms with Crippen LogP contribution in [0.5, 0.6) is 11.5 Å². The van der Waals surface area contributed by atoms with E-state index in [0.29, 0.717) is 16.4 Å². The van der Waals surface area contributed by atoms with Gasteiger partial charge in [-0.1, -0.05) is 0 Å². The molecule has 1 N–H and O–H groups in total. The molecule has 1 aliphatic rings. The Hall–Kier alpha value is -2.93. The molecule has 1 aliphatic heterocycles. The molecule has 0 saturated heterocycles. The number of aromatic nitrogens is 2. The van der Waals surface area contributed by atoms with Gasteiger partial charge in [0.1, 0.15) is 0 Å². The summed E-state index contributed by atoms with van der Waals surface area (Å²) in [6, 6.07) is 9.19. The summed E-state index contributed by atoms with van der Waals surface area (Å²) < 4.78 is 10.7. The Bertz CT molecular complexity index is 906. The number of amides is 1. The first-order chi connectivity index (χ1) is 11.7. The maximum atomic E-state index is 12.2. The molecule has 6 nitrogen and oxygen atoms in total. The van der Waals surface area contributed by atoms with Gasteiger partial charge in [-0.3, -0.25) is 15.1 Å². The first-order valence-corrected chi connectivity index (χ1v) is 8.16. The summed E-state index contributed by atoms with van der Waals surface area (Å²) in [6.45, 7) is 2.11. The van der Waals surface area contributed by atoms with Crippen molar-refractivity contribution in [3.8, 4) is 22.8 Å². The molecule has 0 atom stereocenters. The number of hydrogen-bond donors (Lipinski definition) is 1. The molecule has 0 spiro atoms. The van der Waals surface area contributed by atoms with Gasteiger partial charge in [-0.25, -0.2) is 4.98 Å². The van der Waals surface area contributed by atoms with E-state index in [9.17, 15) is 4.79 Å². The van der Waals surface area contributed by atoms with Crippen molar-refractivity contribution in [3.05, 3.63) is 53.2 Å². The minimum atomic E-state index is -0.228. The maximum Gasteiger partial charge on any atom is 0.259 e. The Labute approximate surface area is 142 Å². The zero-order valence-corrected chi connectivity index (χ0v) is 13.6. The van der Waals surface area contributed by atoms with Crippen molar-refractivity contribution in [2.24, 2.45) is 0 Å². The predicted octanol–water partition coefficient (Wildman–Crippen LogP) is 3.49. The van der Waals surface area contributed by atoms with E-state index < -0.39 is 0 Å². The molecule has 3 aromatic rings. The van der Waals surface area contributed by atoms with E-state index in [1.165, 1.54) is 11.3 Å². The average Bonchev–Trinajstić information content (AvgIpc) is 3.23. The molecule has 0 bridgehead atoms. The highest BCUT2D eigenvalue weighted by atomic mass is 32.1. The number of nitrogens with zero attached hydrogens (tertiary/aromatic N) is 2. The van der Waals surface area contributed by atoms with E-state index in [1.807, 2.05) is 30.5 Å². The Kier molecular flexibility index (Phi) is 3.62. The number of ether oxygens (including phenoxy) is 2. The molecular formula is C17H13N3O3S. The molecule has 0 saturated carbocycles. The lowest BCUT2D eigenvalue weighted by atomic mass is 10.1. The van der Waals surface area contributed by atoms with Gasteiger partial charge in [0, 0.05) is 22.8 Å². The fraction of sp³-hybridized carbons (Fsp3) is 0.118. The van der Waals surface area contributed by atoms with Crippen molar-refractivity contribution in [1.82, 2.24) is 9.97 Å². The van der Waals surface area contributed by atoms with Crippen LogP contribution >= 0.6 is 11.3 Å². The van der Waals surface area contributed by atoms with Crippen LogP contribution in [0.1, 0.15) is 16.1 Å². The monoisotopic (exact) mass is 339 g/mol. The molecular weight excluding hydrogens is 326 g/mol. The molecule has 24 heavy (non-hydrogen) atoms. The Morgan fingerprint density at radius 1 is 1.21 bits per heavy atom. The molecule has 0 unspecified atom stereocenters. The summed E-state index contributed by atoms with van der Waals surface area (Å²) in [4.78, 5) is 20.8. The largest absolute Gasteiger partial charge is 0.454 e. The fourth-order valence-corrected chi connectivity index (χ4v) is 3.01. The second-order valence-corrected chi connectivity index (χ2v) is 6.11. The standard InChI is InChI=1S/C17H13N3O3S/c1-10-2-3-12(7-18-10)16(21)20-17-19-13(8-24-17)11-4-5-14-15(6-11)23-9-22-14/h2-8H,9H2,1H3,(H,19,20,21). The molecule has 0 radical (unpaired) electrons. The van der Waals surface area contributed by atoms with Gasteiger partial charge in [-0.15, -0.1) is 11.3 Å². The number of carbonyl (C=O) groups is 1. The van der Waals surface area contributed by atoms with Crippen LogP contribution < -0.4 is 14.8 Å². The summed E-state index contributed by atoms with van der Waals surface area (Å²) in [5.41, 5.74) is 3.05. The molecule has 1 aromatic carbocycles. The lowest BCUT2D eigenvalue weighted by Crippen LogP contribution is -2.12. The van der Waals surface area contributed by atoms with E-state index in [-0.39, 0.29) is 12.7 Å². The Morgan fingerprint density at radius 3 is 2.92 bits per heavy atom. The lowest BCUT2D eigenvalue weighted by molar-refractivity contribution is 0.102. The third-order valence-corrected chi connectivity index (χ3v) is 4.32. The van der Waals surface area contributed by atoms with Crippen molar-refractivity contribution in [1.29, 1.82) is 0 Å². The van der Waals surface area contributed by atoms with Crippen LogP contribution in [0.3, 0.4) is 0 Å². The summed E-state index contributed by atoms with van der Waals surface area (Å²) in [7, 11) is 0. The number of rotatable bonds is 3. The average molecular weight is 339 g/mol. The van der Waals surface area contributed by atoms with Gasteiger partial charge >= 0.3 is 0 Å². The summed E-state index contributed by atoms with van der Waals surface area (Å²) in [5.74, 6) is 1.21. The van der Waals surface area contributed by atoms with Crippen LogP contribution in [-0.2, 0) is 0 Å². The molecule has 0 aliphatic carbocycles. The van der Waals surface area contributed by atoms with Gasteiger partial charge in [0.15, 0.2) is 16.6 Å².